The molecule has 0 aromatic heterocycles. The first-order chi connectivity index (χ1) is 21.4. The predicted octanol–water partition coefficient (Wildman–Crippen LogP) is 9.05. The molecule has 0 radical (unpaired) electrons. The number of unbranched alkanes of at least 4 members (excludes halogenated alkanes) is 5. The second-order valence-corrected chi connectivity index (χ2v) is 11.3. The summed E-state index contributed by atoms with van der Waals surface area (Å²) in [6, 6.07) is 0. The van der Waals surface area contributed by atoms with E-state index in [1.807, 2.05) is 30.4 Å². The maximum absolute atomic E-state index is 12.1. The molecular formula is C38H62O6. The van der Waals surface area contributed by atoms with Gasteiger partial charge in [0.15, 0.2) is 6.10 Å². The SMILES string of the molecule is CC/C=C\CC(O)/C=C/C=C/C/C=C\C/C=C\C/C=C\CCC(=O)OC[C@H](CO)OC(=O)CCCCCCCCC(C)CC. The van der Waals surface area contributed by atoms with Gasteiger partial charge in [0.05, 0.1) is 12.7 Å². The van der Waals surface area contributed by atoms with Crippen molar-refractivity contribution in [3.8, 4) is 0 Å². The molecule has 0 aliphatic heterocycles. The van der Waals surface area contributed by atoms with Crippen LogP contribution < -0.4 is 0 Å². The maximum Gasteiger partial charge on any atom is 0.306 e. The zero-order chi connectivity index (χ0) is 32.5. The topological polar surface area (TPSA) is 93.1 Å². The molecule has 0 rings (SSSR count). The molecule has 2 unspecified atom stereocenters. The van der Waals surface area contributed by atoms with Crippen molar-refractivity contribution in [2.75, 3.05) is 13.2 Å². The molecular weight excluding hydrogens is 552 g/mol. The van der Waals surface area contributed by atoms with Gasteiger partial charge in [0.2, 0.25) is 0 Å². The molecule has 0 aliphatic rings. The van der Waals surface area contributed by atoms with Gasteiger partial charge in [-0.15, -0.1) is 0 Å². The van der Waals surface area contributed by atoms with Crippen LogP contribution >= 0.6 is 0 Å². The fraction of sp³-hybridized carbons (Fsp3) is 0.632. The Morgan fingerprint density at radius 2 is 1.36 bits per heavy atom. The van der Waals surface area contributed by atoms with Gasteiger partial charge in [0.1, 0.15) is 6.61 Å². The third kappa shape index (κ3) is 29.4. The Labute approximate surface area is 268 Å². The number of allylic oxidation sites excluding steroid dienone is 10. The normalized spacial score (nSPS) is 14.6. The van der Waals surface area contributed by atoms with Crippen molar-refractivity contribution < 1.29 is 29.3 Å². The van der Waals surface area contributed by atoms with Crippen molar-refractivity contribution in [3.05, 3.63) is 72.9 Å². The van der Waals surface area contributed by atoms with E-state index in [9.17, 15) is 19.8 Å². The lowest BCUT2D eigenvalue weighted by atomic mass is 10.00. The first-order valence-electron chi connectivity index (χ1n) is 17.0. The van der Waals surface area contributed by atoms with Crippen molar-refractivity contribution in [2.45, 2.75) is 136 Å². The number of esters is 2. The molecule has 0 amide bonds. The molecule has 44 heavy (non-hydrogen) atoms. The number of aliphatic hydroxyl groups excluding tert-OH is 2. The highest BCUT2D eigenvalue weighted by atomic mass is 16.6. The largest absolute Gasteiger partial charge is 0.462 e. The quantitative estimate of drug-likeness (QED) is 0.0395. The van der Waals surface area contributed by atoms with Crippen LogP contribution in [0.3, 0.4) is 0 Å². The van der Waals surface area contributed by atoms with E-state index >= 15 is 0 Å². The van der Waals surface area contributed by atoms with Crippen LogP contribution in [0.1, 0.15) is 124 Å². The lowest BCUT2D eigenvalue weighted by Gasteiger charge is -2.15. The van der Waals surface area contributed by atoms with Crippen LogP contribution in [-0.2, 0) is 19.1 Å². The van der Waals surface area contributed by atoms with Gasteiger partial charge in [-0.05, 0) is 50.9 Å². The van der Waals surface area contributed by atoms with Crippen molar-refractivity contribution in [3.63, 3.8) is 0 Å². The van der Waals surface area contributed by atoms with Gasteiger partial charge in [0.25, 0.3) is 0 Å². The van der Waals surface area contributed by atoms with Crippen molar-refractivity contribution in [2.24, 2.45) is 5.92 Å². The number of hydrogen-bond donors (Lipinski definition) is 2. The Kier molecular flexibility index (Phi) is 29.8. The van der Waals surface area contributed by atoms with E-state index in [0.717, 1.165) is 50.9 Å². The van der Waals surface area contributed by atoms with E-state index in [-0.39, 0.29) is 31.6 Å². The van der Waals surface area contributed by atoms with Gasteiger partial charge in [-0.2, -0.15) is 0 Å². The lowest BCUT2D eigenvalue weighted by Crippen LogP contribution is -2.28. The summed E-state index contributed by atoms with van der Waals surface area (Å²) >= 11 is 0. The molecule has 0 saturated carbocycles. The average molecular weight is 615 g/mol. The summed E-state index contributed by atoms with van der Waals surface area (Å²) in [5.74, 6) is 0.0883. The second-order valence-electron chi connectivity index (χ2n) is 11.3. The van der Waals surface area contributed by atoms with E-state index in [2.05, 4.69) is 57.2 Å². The highest BCUT2D eigenvalue weighted by Gasteiger charge is 2.15. The van der Waals surface area contributed by atoms with Gasteiger partial charge >= 0.3 is 11.9 Å². The average Bonchev–Trinajstić information content (AvgIpc) is 3.02. The molecule has 0 aromatic rings. The van der Waals surface area contributed by atoms with Crippen LogP contribution in [0.2, 0.25) is 0 Å². The maximum atomic E-state index is 12.1. The minimum Gasteiger partial charge on any atom is -0.462 e. The van der Waals surface area contributed by atoms with Crippen molar-refractivity contribution >= 4 is 11.9 Å². The van der Waals surface area contributed by atoms with E-state index in [1.54, 1.807) is 6.08 Å². The Morgan fingerprint density at radius 1 is 0.727 bits per heavy atom. The van der Waals surface area contributed by atoms with Crippen LogP contribution in [0.5, 0.6) is 0 Å². The van der Waals surface area contributed by atoms with Crippen LogP contribution in [0.25, 0.3) is 0 Å². The fourth-order valence-corrected chi connectivity index (χ4v) is 4.17. The molecule has 6 nitrogen and oxygen atoms in total. The van der Waals surface area contributed by atoms with Crippen LogP contribution in [0, 0.1) is 5.92 Å². The highest BCUT2D eigenvalue weighted by molar-refractivity contribution is 5.70. The number of carbonyl (C=O) groups excluding carboxylic acids is 2. The molecule has 0 heterocycles. The lowest BCUT2D eigenvalue weighted by molar-refractivity contribution is -0.161. The Morgan fingerprint density at radius 3 is 2.02 bits per heavy atom. The monoisotopic (exact) mass is 614 g/mol. The molecule has 3 atom stereocenters. The van der Waals surface area contributed by atoms with E-state index in [4.69, 9.17) is 9.47 Å². The minimum absolute atomic E-state index is 0.121. The zero-order valence-electron chi connectivity index (χ0n) is 27.9. The molecule has 6 heteroatoms. The summed E-state index contributed by atoms with van der Waals surface area (Å²) in [6.45, 7) is 6.12. The Bertz CT molecular complexity index is 867. The summed E-state index contributed by atoms with van der Waals surface area (Å²) in [7, 11) is 0. The van der Waals surface area contributed by atoms with E-state index in [1.165, 1.54) is 32.1 Å². The first kappa shape index (κ1) is 41.3. The third-order valence-corrected chi connectivity index (χ3v) is 7.15. The smallest absolute Gasteiger partial charge is 0.306 e. The molecule has 0 bridgehead atoms. The van der Waals surface area contributed by atoms with Crippen LogP contribution in [0.4, 0.5) is 0 Å². The standard InChI is InChI=1S/C38H62O6/c1-4-6-22-28-35(40)29-24-19-14-12-10-8-7-9-11-13-15-20-25-30-37(41)43-33-36(32-39)44-38(42)31-26-21-17-16-18-23-27-34(3)5-2/h6,8-11,14-15,19-20,22,24,29,34-36,39-40H,4-5,7,12-13,16-18,21,23,25-28,30-33H2,1-3H3/b10-8-,11-9-,19-14+,20-15-,22-6-,29-24+/t34?,35?,36-/m0/s1. The summed E-state index contributed by atoms with van der Waals surface area (Å²) in [6.07, 6.45) is 37.3. The number of ether oxygens (including phenoxy) is 2. The molecule has 0 saturated heterocycles. The van der Waals surface area contributed by atoms with Crippen LogP contribution in [0.15, 0.2) is 72.9 Å². The molecule has 0 aliphatic carbocycles. The summed E-state index contributed by atoms with van der Waals surface area (Å²) in [4.78, 5) is 24.1. The van der Waals surface area contributed by atoms with Gasteiger partial charge in [0, 0.05) is 12.8 Å². The molecule has 0 fully saturated rings. The molecule has 2 N–H and O–H groups in total. The summed E-state index contributed by atoms with van der Waals surface area (Å²) < 4.78 is 10.5. The van der Waals surface area contributed by atoms with Gasteiger partial charge < -0.3 is 19.7 Å². The number of rotatable bonds is 28. The molecule has 0 spiro atoms. The summed E-state index contributed by atoms with van der Waals surface area (Å²) in [5.41, 5.74) is 0. The van der Waals surface area contributed by atoms with Crippen LogP contribution in [-0.4, -0.2) is 47.6 Å². The minimum atomic E-state index is -0.813. The first-order valence-corrected chi connectivity index (χ1v) is 17.0. The van der Waals surface area contributed by atoms with Gasteiger partial charge in [-0.25, -0.2) is 0 Å². The Hall–Kier alpha value is -2.70. The second kappa shape index (κ2) is 31.7. The van der Waals surface area contributed by atoms with Gasteiger partial charge in [-0.1, -0.05) is 139 Å². The Balaban J connectivity index is 3.84. The van der Waals surface area contributed by atoms with Crippen molar-refractivity contribution in [1.82, 2.24) is 0 Å². The summed E-state index contributed by atoms with van der Waals surface area (Å²) in [5, 5.41) is 19.3. The van der Waals surface area contributed by atoms with Gasteiger partial charge in [-0.3, -0.25) is 9.59 Å². The van der Waals surface area contributed by atoms with E-state index in [0.29, 0.717) is 19.3 Å². The zero-order valence-corrected chi connectivity index (χ0v) is 27.9. The highest BCUT2D eigenvalue weighted by Crippen LogP contribution is 2.15. The van der Waals surface area contributed by atoms with Crippen molar-refractivity contribution in [1.29, 1.82) is 0 Å². The number of hydrogen-bond acceptors (Lipinski definition) is 6. The fourth-order valence-electron chi connectivity index (χ4n) is 4.17. The third-order valence-electron chi connectivity index (χ3n) is 7.15. The predicted molar refractivity (Wildman–Crippen MR) is 183 cm³/mol. The number of carbonyl (C=O) groups is 2. The molecule has 0 aromatic carbocycles. The van der Waals surface area contributed by atoms with E-state index < -0.39 is 12.2 Å². The molecule has 250 valence electrons. The number of aliphatic hydroxyl groups is 2.